The number of hydrogen-bond donors (Lipinski definition) is 0. The summed E-state index contributed by atoms with van der Waals surface area (Å²) in [5.41, 5.74) is 1.90. The molecule has 5 rings (SSSR count). The summed E-state index contributed by atoms with van der Waals surface area (Å²) in [4.78, 5) is 36.8. The number of likely N-dealkylation sites (tertiary alicyclic amines) is 1. The Bertz CT molecular complexity index is 991. The Hall–Kier alpha value is -2.41. The fourth-order valence-corrected chi connectivity index (χ4v) is 4.86. The van der Waals surface area contributed by atoms with Crippen LogP contribution in [0.25, 0.3) is 10.9 Å². The van der Waals surface area contributed by atoms with Gasteiger partial charge in [0.05, 0.1) is 23.1 Å². The first-order chi connectivity index (χ1) is 14.6. The van der Waals surface area contributed by atoms with E-state index in [1.807, 2.05) is 23.1 Å². The zero-order valence-electron chi connectivity index (χ0n) is 17.8. The van der Waals surface area contributed by atoms with E-state index in [2.05, 4.69) is 21.8 Å². The van der Waals surface area contributed by atoms with Crippen LogP contribution in [0.15, 0.2) is 29.3 Å². The topological polar surface area (TPSA) is 61.7 Å². The molecule has 0 spiro atoms. The number of anilines is 1. The number of piperazine rings is 1. The first-order valence-electron chi connectivity index (χ1n) is 11.3. The maximum Gasteiger partial charge on any atom is 0.261 e. The van der Waals surface area contributed by atoms with E-state index in [-0.39, 0.29) is 11.5 Å². The third kappa shape index (κ3) is 3.95. The van der Waals surface area contributed by atoms with Crippen molar-refractivity contribution in [2.24, 2.45) is 11.8 Å². The van der Waals surface area contributed by atoms with Gasteiger partial charge in [0.25, 0.3) is 5.56 Å². The largest absolute Gasteiger partial charge is 0.368 e. The Morgan fingerprint density at radius 3 is 2.63 bits per heavy atom. The molecule has 1 amide bonds. The monoisotopic (exact) mass is 409 g/mol. The molecule has 0 bridgehead atoms. The van der Waals surface area contributed by atoms with Crippen molar-refractivity contribution in [1.82, 2.24) is 19.4 Å². The van der Waals surface area contributed by atoms with Gasteiger partial charge in [0, 0.05) is 45.0 Å². The van der Waals surface area contributed by atoms with Gasteiger partial charge in [-0.15, -0.1) is 0 Å². The van der Waals surface area contributed by atoms with Crippen LogP contribution in [-0.2, 0) is 11.3 Å². The fourth-order valence-electron chi connectivity index (χ4n) is 4.86. The Kier molecular flexibility index (Phi) is 5.23. The highest BCUT2D eigenvalue weighted by atomic mass is 16.2. The van der Waals surface area contributed by atoms with E-state index in [0.717, 1.165) is 69.9 Å². The van der Waals surface area contributed by atoms with E-state index in [0.29, 0.717) is 17.2 Å². The van der Waals surface area contributed by atoms with Gasteiger partial charge in [-0.1, -0.05) is 0 Å². The lowest BCUT2D eigenvalue weighted by Gasteiger charge is -2.39. The minimum atomic E-state index is 0.0614. The van der Waals surface area contributed by atoms with Gasteiger partial charge in [-0.25, -0.2) is 4.98 Å². The fraction of sp³-hybridized carbons (Fsp3) is 0.609. The van der Waals surface area contributed by atoms with Gasteiger partial charge in [-0.2, -0.15) is 0 Å². The molecule has 2 aliphatic heterocycles. The van der Waals surface area contributed by atoms with Crippen molar-refractivity contribution in [3.8, 4) is 0 Å². The molecular formula is C23H31N5O2. The molecule has 3 heterocycles. The lowest BCUT2D eigenvalue weighted by Crippen LogP contribution is -2.52. The number of carbonyl (C=O) groups excluding carboxylic acids is 1. The molecule has 7 heteroatoms. The molecule has 2 aromatic rings. The maximum atomic E-state index is 12.9. The van der Waals surface area contributed by atoms with Crippen molar-refractivity contribution in [3.63, 3.8) is 0 Å². The smallest absolute Gasteiger partial charge is 0.261 e. The Morgan fingerprint density at radius 1 is 1.10 bits per heavy atom. The average molecular weight is 410 g/mol. The third-order valence-electron chi connectivity index (χ3n) is 6.89. The molecule has 160 valence electrons. The number of fused-ring (bicyclic) bond motifs is 1. The maximum absolute atomic E-state index is 12.9. The first-order valence-corrected chi connectivity index (χ1v) is 11.3. The van der Waals surface area contributed by atoms with Gasteiger partial charge in [0.1, 0.15) is 0 Å². The molecule has 1 aromatic heterocycles. The zero-order chi connectivity index (χ0) is 20.7. The van der Waals surface area contributed by atoms with Gasteiger partial charge in [0.15, 0.2) is 0 Å². The van der Waals surface area contributed by atoms with Crippen LogP contribution in [0.4, 0.5) is 5.69 Å². The van der Waals surface area contributed by atoms with Crippen LogP contribution in [0.2, 0.25) is 0 Å². The zero-order valence-corrected chi connectivity index (χ0v) is 17.8. The molecule has 1 saturated carbocycles. The minimum Gasteiger partial charge on any atom is -0.368 e. The molecule has 2 saturated heterocycles. The van der Waals surface area contributed by atoms with Crippen LogP contribution in [0.3, 0.4) is 0 Å². The van der Waals surface area contributed by atoms with Gasteiger partial charge in [-0.05, 0) is 63.4 Å². The predicted octanol–water partition coefficient (Wildman–Crippen LogP) is 1.80. The molecule has 1 atom stereocenters. The van der Waals surface area contributed by atoms with E-state index in [1.54, 1.807) is 10.9 Å². The van der Waals surface area contributed by atoms with Crippen LogP contribution in [0.5, 0.6) is 0 Å². The van der Waals surface area contributed by atoms with Crippen LogP contribution in [-0.4, -0.2) is 71.6 Å². The van der Waals surface area contributed by atoms with Crippen LogP contribution >= 0.6 is 0 Å². The SMILES string of the molecule is CN1CCCC(C(=O)N2CCN(c3ccc4c(=O)n(CC5CC5)cnc4c3)CC2)C1. The molecule has 1 unspecified atom stereocenters. The number of rotatable bonds is 4. The standard InChI is InChI=1S/C23H31N5O2/c1-25-8-2-3-18(15-25)22(29)27-11-9-26(10-12-27)19-6-7-20-21(13-19)24-16-28(23(20)30)14-17-4-5-17/h6-7,13,16-18H,2-5,8-12,14-15H2,1H3. The van der Waals surface area contributed by atoms with E-state index in [1.165, 1.54) is 12.8 Å². The van der Waals surface area contributed by atoms with E-state index in [4.69, 9.17) is 0 Å². The molecule has 30 heavy (non-hydrogen) atoms. The Balaban J connectivity index is 1.25. The molecule has 0 N–H and O–H groups in total. The average Bonchev–Trinajstić information content (AvgIpc) is 3.59. The summed E-state index contributed by atoms with van der Waals surface area (Å²) < 4.78 is 1.76. The summed E-state index contributed by atoms with van der Waals surface area (Å²) in [5.74, 6) is 1.12. The molecule has 3 aliphatic rings. The van der Waals surface area contributed by atoms with Gasteiger partial charge >= 0.3 is 0 Å². The lowest BCUT2D eigenvalue weighted by molar-refractivity contribution is -0.137. The third-order valence-corrected chi connectivity index (χ3v) is 6.89. The summed E-state index contributed by atoms with van der Waals surface area (Å²) in [5, 5.41) is 0.692. The molecule has 0 radical (unpaired) electrons. The number of piperidine rings is 1. The van der Waals surface area contributed by atoms with Crippen LogP contribution in [0.1, 0.15) is 25.7 Å². The minimum absolute atomic E-state index is 0.0614. The van der Waals surface area contributed by atoms with Gasteiger partial charge < -0.3 is 14.7 Å². The Labute approximate surface area is 177 Å². The van der Waals surface area contributed by atoms with Gasteiger partial charge in [0.2, 0.25) is 5.91 Å². The Morgan fingerprint density at radius 2 is 1.90 bits per heavy atom. The van der Waals surface area contributed by atoms with Crippen LogP contribution < -0.4 is 10.5 Å². The quantitative estimate of drug-likeness (QED) is 0.771. The highest BCUT2D eigenvalue weighted by molar-refractivity contribution is 5.82. The summed E-state index contributed by atoms with van der Waals surface area (Å²) >= 11 is 0. The highest BCUT2D eigenvalue weighted by Crippen LogP contribution is 2.30. The second kappa shape index (κ2) is 8.02. The van der Waals surface area contributed by atoms with Crippen molar-refractivity contribution in [2.45, 2.75) is 32.2 Å². The molecule has 1 aromatic carbocycles. The highest BCUT2D eigenvalue weighted by Gasteiger charge is 2.30. The van der Waals surface area contributed by atoms with E-state index in [9.17, 15) is 9.59 Å². The number of carbonyl (C=O) groups is 1. The molecule has 7 nitrogen and oxygen atoms in total. The number of nitrogens with zero attached hydrogens (tertiary/aromatic N) is 5. The van der Waals surface area contributed by atoms with Crippen molar-refractivity contribution in [2.75, 3.05) is 51.2 Å². The molecule has 3 fully saturated rings. The summed E-state index contributed by atoms with van der Waals surface area (Å²) in [6, 6.07) is 5.96. The predicted molar refractivity (Wildman–Crippen MR) is 118 cm³/mol. The number of amides is 1. The van der Waals surface area contributed by atoms with Crippen molar-refractivity contribution in [1.29, 1.82) is 0 Å². The normalized spacial score (nSPS) is 23.2. The van der Waals surface area contributed by atoms with E-state index < -0.39 is 0 Å². The first kappa shape index (κ1) is 19.5. The van der Waals surface area contributed by atoms with Crippen molar-refractivity contribution < 1.29 is 4.79 Å². The number of hydrogen-bond acceptors (Lipinski definition) is 5. The molecule has 1 aliphatic carbocycles. The summed E-state index contributed by atoms with van der Waals surface area (Å²) in [7, 11) is 2.10. The second-order valence-electron chi connectivity index (χ2n) is 9.26. The number of benzene rings is 1. The number of aromatic nitrogens is 2. The summed E-state index contributed by atoms with van der Waals surface area (Å²) in [6.45, 7) is 5.92. The van der Waals surface area contributed by atoms with Crippen LogP contribution in [0, 0.1) is 11.8 Å². The lowest BCUT2D eigenvalue weighted by atomic mass is 9.96. The van der Waals surface area contributed by atoms with Crippen molar-refractivity contribution in [3.05, 3.63) is 34.9 Å². The second-order valence-corrected chi connectivity index (χ2v) is 9.26. The molecular weight excluding hydrogens is 378 g/mol. The van der Waals surface area contributed by atoms with E-state index >= 15 is 0 Å². The summed E-state index contributed by atoms with van der Waals surface area (Å²) in [6.07, 6.45) is 6.26. The van der Waals surface area contributed by atoms with Gasteiger partial charge in [-0.3, -0.25) is 14.2 Å². The van der Waals surface area contributed by atoms with Crippen molar-refractivity contribution >= 4 is 22.5 Å².